The van der Waals surface area contributed by atoms with E-state index in [1.165, 1.54) is 55.6 Å². The topological polar surface area (TPSA) is 117 Å². The summed E-state index contributed by atoms with van der Waals surface area (Å²) in [6.07, 6.45) is 9.97. The van der Waals surface area contributed by atoms with Crippen molar-refractivity contribution in [2.45, 2.75) is 41.5 Å². The molecule has 4 heterocycles. The Morgan fingerprint density at radius 1 is 0.451 bits per heavy atom. The quantitative estimate of drug-likeness (QED) is 0.0755. The summed E-state index contributed by atoms with van der Waals surface area (Å²) in [5, 5.41) is 8.42. The van der Waals surface area contributed by atoms with E-state index < -0.39 is 0 Å². The van der Waals surface area contributed by atoms with Gasteiger partial charge < -0.3 is 40.2 Å². The standard InChI is InChI=1S/2C21H20N4.2C13H11N2.2Pt/c2*1-14-8-15(2)20(16(3)9-14)17-6-5-7-18(10-17)25-13-24(4)19-11-22-12-23-21(19)25;2*1-3-7-12(8-4-1)14-11-15-13-9-5-2-6-10-13;;/h2*5-6,8-13H,1-4H3;2*1-11H;;/q2*-2;2*-1;;. The second-order valence-electron chi connectivity index (χ2n) is 19.2. The molecule has 0 radical (unpaired) electrons. The Labute approximate surface area is 512 Å². The van der Waals surface area contributed by atoms with Gasteiger partial charge in [-0.2, -0.15) is 49.7 Å². The van der Waals surface area contributed by atoms with Crippen molar-refractivity contribution < 1.29 is 42.1 Å². The van der Waals surface area contributed by atoms with Crippen LogP contribution in [0.2, 0.25) is 0 Å². The number of nitrogens with zero attached hydrogens (tertiary/aromatic N) is 12. The number of hydrogen-bond acceptors (Lipinski definition) is 10. The fourth-order valence-electron chi connectivity index (χ4n) is 9.58. The minimum absolute atomic E-state index is 0. The smallest absolute Gasteiger partial charge is 0.128 e. The van der Waals surface area contributed by atoms with Crippen LogP contribution < -0.4 is 19.6 Å². The summed E-state index contributed by atoms with van der Waals surface area (Å²) in [7, 11) is 4.00. The number of anilines is 6. The van der Waals surface area contributed by atoms with E-state index in [-0.39, 0.29) is 42.1 Å². The molecule has 82 heavy (non-hydrogen) atoms. The first-order valence-electron chi connectivity index (χ1n) is 26.2. The van der Waals surface area contributed by atoms with Gasteiger partial charge in [-0.1, -0.05) is 169 Å². The van der Waals surface area contributed by atoms with Gasteiger partial charge >= 0.3 is 0 Å². The Morgan fingerprint density at radius 3 is 1.15 bits per heavy atom. The summed E-state index contributed by atoms with van der Waals surface area (Å²) in [5.41, 5.74) is 20.3. The molecule has 0 saturated heterocycles. The van der Waals surface area contributed by atoms with E-state index in [4.69, 9.17) is 0 Å². The third-order valence-electron chi connectivity index (χ3n) is 13.0. The molecule has 2 aromatic heterocycles. The van der Waals surface area contributed by atoms with Crippen molar-refractivity contribution in [3.05, 3.63) is 277 Å². The maximum Gasteiger partial charge on any atom is 0.128 e. The molecule has 12 rings (SSSR count). The summed E-state index contributed by atoms with van der Waals surface area (Å²) in [4.78, 5) is 33.7. The number of hydrogen-bond donors (Lipinski definition) is 0. The van der Waals surface area contributed by atoms with Gasteiger partial charge in [0.25, 0.3) is 0 Å². The van der Waals surface area contributed by atoms with E-state index >= 15 is 0 Å². The summed E-state index contributed by atoms with van der Waals surface area (Å²) >= 11 is 0. The summed E-state index contributed by atoms with van der Waals surface area (Å²) < 4.78 is 0. The second kappa shape index (κ2) is 29.8. The molecule has 0 amide bonds. The molecule has 10 aromatic rings. The summed E-state index contributed by atoms with van der Waals surface area (Å²) in [5.74, 6) is 1.76. The molecule has 0 saturated carbocycles. The largest absolute Gasteiger partial charge is 0.501 e. The number of benzene rings is 8. The molecule has 0 spiro atoms. The van der Waals surface area contributed by atoms with Gasteiger partial charge in [-0.05, 0) is 112 Å². The molecular weight excluding hydrogens is 1370 g/mol. The zero-order chi connectivity index (χ0) is 55.8. The monoisotopic (exact) mass is 1440 g/mol. The maximum absolute atomic E-state index is 4.44. The van der Waals surface area contributed by atoms with E-state index in [0.717, 1.165) is 57.1 Å². The maximum atomic E-state index is 4.44. The van der Waals surface area contributed by atoms with E-state index in [9.17, 15) is 0 Å². The van der Waals surface area contributed by atoms with Crippen LogP contribution in [0.25, 0.3) is 32.9 Å². The van der Waals surface area contributed by atoms with Gasteiger partial charge in [-0.25, -0.2) is 19.9 Å². The molecule has 0 aliphatic carbocycles. The fourth-order valence-corrected chi connectivity index (χ4v) is 9.58. The molecule has 0 unspecified atom stereocenters. The predicted molar refractivity (Wildman–Crippen MR) is 332 cm³/mol. The third-order valence-corrected chi connectivity index (χ3v) is 13.0. The Balaban J connectivity index is 0.000000161. The number of fused-ring (bicyclic) bond motifs is 2. The Kier molecular flexibility index (Phi) is 22.2. The number of para-hydroxylation sites is 4. The predicted octanol–water partition coefficient (Wildman–Crippen LogP) is 17.3. The minimum atomic E-state index is 0. The first-order chi connectivity index (χ1) is 39.0. The fraction of sp³-hybridized carbons (Fsp3) is 0.118. The Hall–Kier alpha value is -8.56. The van der Waals surface area contributed by atoms with Gasteiger partial charge in [0.2, 0.25) is 0 Å². The van der Waals surface area contributed by atoms with Crippen LogP contribution in [-0.4, -0.2) is 46.7 Å². The van der Waals surface area contributed by atoms with Crippen molar-refractivity contribution in [1.82, 2.24) is 19.9 Å². The summed E-state index contributed by atoms with van der Waals surface area (Å²) in [6, 6.07) is 67.2. The number of aryl methyl sites for hydroxylation is 6. The molecule has 2 aliphatic rings. The Morgan fingerprint density at radius 2 is 0.793 bits per heavy atom. The van der Waals surface area contributed by atoms with Crippen molar-refractivity contribution in [1.29, 1.82) is 0 Å². The molecule has 8 aromatic carbocycles. The molecular formula is C68H62N12Pt2-6. The van der Waals surface area contributed by atoms with Crippen LogP contribution in [0, 0.1) is 67.0 Å². The van der Waals surface area contributed by atoms with Gasteiger partial charge in [-0.3, -0.25) is 0 Å². The van der Waals surface area contributed by atoms with Crippen LogP contribution in [-0.2, 0) is 42.1 Å². The van der Waals surface area contributed by atoms with Crippen LogP contribution >= 0.6 is 0 Å². The molecule has 12 nitrogen and oxygen atoms in total. The Bertz CT molecular complexity index is 3410. The van der Waals surface area contributed by atoms with Crippen LogP contribution in [0.5, 0.6) is 0 Å². The van der Waals surface area contributed by atoms with Gasteiger partial charge in [0.05, 0.1) is 23.8 Å². The van der Waals surface area contributed by atoms with Crippen molar-refractivity contribution in [2.24, 2.45) is 9.98 Å². The van der Waals surface area contributed by atoms with E-state index in [0.29, 0.717) is 0 Å². The summed E-state index contributed by atoms with van der Waals surface area (Å²) in [6.45, 7) is 17.0. The first-order valence-corrected chi connectivity index (χ1v) is 26.2. The van der Waals surface area contributed by atoms with Gasteiger partial charge in [0.15, 0.2) is 0 Å². The molecule has 420 valence electrons. The normalized spacial score (nSPS) is 11.9. The van der Waals surface area contributed by atoms with E-state index in [1.807, 2.05) is 183 Å². The average molecular weight is 1440 g/mol. The molecule has 0 fully saturated rings. The van der Waals surface area contributed by atoms with Gasteiger partial charge in [-0.15, -0.1) is 34.6 Å². The first kappa shape index (κ1) is 61.1. The van der Waals surface area contributed by atoms with Gasteiger partial charge in [0, 0.05) is 42.1 Å². The molecule has 0 atom stereocenters. The van der Waals surface area contributed by atoms with Crippen LogP contribution in [0.3, 0.4) is 0 Å². The van der Waals surface area contributed by atoms with E-state index in [1.54, 1.807) is 25.3 Å². The molecule has 14 heteroatoms. The average Bonchev–Trinajstić information content (AvgIpc) is 4.10. The number of rotatable bonds is 10. The molecule has 2 aliphatic heterocycles. The number of aliphatic imine (C=N–C) groups is 2. The SMILES string of the molecule is C(=Nc1ccccc1)[N-]c1ccccc1.C(=Nc1ccccc1)[N-]c1ccccc1.Cc1cc(C)c(-c2cc[c-]c(N3[CH-]N(C)c4cncnc43)c2)c(C)c1.Cc1cc(C)c(-c2cc[c-]c(N3[CH-]N(C)c4cncnc43)c2)c(C)c1.[Pt].[Pt]. The van der Waals surface area contributed by atoms with Gasteiger partial charge in [0.1, 0.15) is 24.3 Å². The molecule has 0 bridgehead atoms. The zero-order valence-corrected chi connectivity index (χ0v) is 51.5. The molecule has 0 N–H and O–H groups in total. The van der Waals surface area contributed by atoms with Crippen LogP contribution in [0.15, 0.2) is 217 Å². The van der Waals surface area contributed by atoms with Crippen molar-refractivity contribution in [3.8, 4) is 22.3 Å². The van der Waals surface area contributed by atoms with Crippen molar-refractivity contribution >= 4 is 69.8 Å². The second-order valence-corrected chi connectivity index (χ2v) is 19.2. The van der Waals surface area contributed by atoms with Crippen LogP contribution in [0.1, 0.15) is 33.4 Å². The number of aromatic nitrogens is 4. The van der Waals surface area contributed by atoms with Crippen molar-refractivity contribution in [3.63, 3.8) is 0 Å². The van der Waals surface area contributed by atoms with Crippen molar-refractivity contribution in [2.75, 3.05) is 33.7 Å². The minimum Gasteiger partial charge on any atom is -0.501 e. The van der Waals surface area contributed by atoms with Crippen LogP contribution in [0.4, 0.5) is 57.1 Å². The van der Waals surface area contributed by atoms with E-state index in [2.05, 4.69) is 153 Å². The zero-order valence-electron chi connectivity index (χ0n) is 46.9. The third kappa shape index (κ3) is 15.9.